The summed E-state index contributed by atoms with van der Waals surface area (Å²) < 4.78 is 0. The van der Waals surface area contributed by atoms with E-state index in [1.165, 1.54) is 0 Å². The van der Waals surface area contributed by atoms with Crippen LogP contribution in [0.4, 0.5) is 0 Å². The van der Waals surface area contributed by atoms with Crippen molar-refractivity contribution in [3.63, 3.8) is 0 Å². The van der Waals surface area contributed by atoms with E-state index < -0.39 is 5.75 Å². The van der Waals surface area contributed by atoms with Crippen LogP contribution < -0.4 is 0 Å². The maximum absolute atomic E-state index is 10.3. The van der Waals surface area contributed by atoms with Gasteiger partial charge in [0.2, 0.25) is 0 Å². The van der Waals surface area contributed by atoms with E-state index in [1.54, 1.807) is 0 Å². The van der Waals surface area contributed by atoms with Crippen molar-refractivity contribution in [1.29, 1.82) is 0 Å². The third-order valence-corrected chi connectivity index (χ3v) is 4.38. The number of halogens is 1. The monoisotopic (exact) mass is 325 g/mol. The molecule has 4 N–H and O–H groups in total. The van der Waals surface area contributed by atoms with Crippen molar-refractivity contribution in [3.05, 3.63) is 53.6 Å². The average Bonchev–Trinajstić information content (AvgIpc) is 2.97. The highest BCUT2D eigenvalue weighted by molar-refractivity contribution is 6.36. The summed E-state index contributed by atoms with van der Waals surface area (Å²) in [6, 6.07) is 15.6. The molecule has 0 radical (unpaired) electrons. The van der Waals surface area contributed by atoms with Crippen LogP contribution in [0.2, 0.25) is 5.02 Å². The molecule has 0 saturated carbocycles. The smallest absolute Gasteiger partial charge is 0.184 e. The quantitative estimate of drug-likeness (QED) is 0.301. The van der Waals surface area contributed by atoms with E-state index in [2.05, 4.69) is 4.98 Å². The fraction of sp³-hybridized carbons (Fsp3) is 0. The van der Waals surface area contributed by atoms with Gasteiger partial charge in [-0.05, 0) is 23.3 Å². The van der Waals surface area contributed by atoms with Crippen LogP contribution in [0.3, 0.4) is 0 Å². The van der Waals surface area contributed by atoms with Crippen LogP contribution in [-0.2, 0) is 0 Å². The molecular formula is C18H12ClNO3. The fourth-order valence-corrected chi connectivity index (χ4v) is 3.05. The van der Waals surface area contributed by atoms with Crippen LogP contribution in [0, 0.1) is 0 Å². The van der Waals surface area contributed by atoms with Crippen molar-refractivity contribution >= 4 is 33.4 Å². The zero-order valence-corrected chi connectivity index (χ0v) is 12.6. The second kappa shape index (κ2) is 4.83. The van der Waals surface area contributed by atoms with E-state index in [9.17, 15) is 15.3 Å². The van der Waals surface area contributed by atoms with Crippen LogP contribution in [0.5, 0.6) is 17.2 Å². The normalized spacial score (nSPS) is 11.3. The van der Waals surface area contributed by atoms with E-state index in [1.807, 2.05) is 48.5 Å². The molecule has 0 unspecified atom stereocenters. The molecule has 0 aliphatic heterocycles. The third kappa shape index (κ3) is 1.92. The molecule has 0 fully saturated rings. The third-order valence-electron chi connectivity index (χ3n) is 4.02. The molecule has 0 spiro atoms. The molecule has 0 amide bonds. The summed E-state index contributed by atoms with van der Waals surface area (Å²) in [5, 5.41) is 31.0. The first-order chi connectivity index (χ1) is 11.1. The molecule has 0 bridgehead atoms. The maximum atomic E-state index is 10.3. The number of phenolic OH excluding ortho intramolecular Hbond substituents is 3. The Morgan fingerprint density at radius 1 is 0.783 bits per heavy atom. The van der Waals surface area contributed by atoms with Crippen molar-refractivity contribution in [2.24, 2.45) is 0 Å². The van der Waals surface area contributed by atoms with Gasteiger partial charge in [0.1, 0.15) is 10.8 Å². The summed E-state index contributed by atoms with van der Waals surface area (Å²) in [6.45, 7) is 0. The Morgan fingerprint density at radius 3 is 2.26 bits per heavy atom. The molecule has 0 saturated heterocycles. The Hall–Kier alpha value is -2.85. The first-order valence-electron chi connectivity index (χ1n) is 7.01. The van der Waals surface area contributed by atoms with Crippen LogP contribution >= 0.6 is 11.6 Å². The lowest BCUT2D eigenvalue weighted by Gasteiger charge is -2.06. The van der Waals surface area contributed by atoms with Crippen LogP contribution in [0.1, 0.15) is 0 Å². The van der Waals surface area contributed by atoms with Crippen molar-refractivity contribution in [3.8, 4) is 28.4 Å². The van der Waals surface area contributed by atoms with Crippen molar-refractivity contribution in [2.75, 3.05) is 0 Å². The summed E-state index contributed by atoms with van der Waals surface area (Å²) in [5.74, 6) is -1.17. The zero-order chi connectivity index (χ0) is 16.1. The van der Waals surface area contributed by atoms with Gasteiger partial charge in [0, 0.05) is 10.9 Å². The Labute approximate surface area is 136 Å². The van der Waals surface area contributed by atoms with Gasteiger partial charge in [-0.15, -0.1) is 0 Å². The van der Waals surface area contributed by atoms with Gasteiger partial charge in [-0.1, -0.05) is 48.0 Å². The lowest BCUT2D eigenvalue weighted by atomic mass is 10.0. The zero-order valence-electron chi connectivity index (χ0n) is 11.8. The Morgan fingerprint density at radius 2 is 1.52 bits per heavy atom. The lowest BCUT2D eigenvalue weighted by Crippen LogP contribution is -1.78. The fourth-order valence-electron chi connectivity index (χ4n) is 2.87. The number of rotatable bonds is 1. The molecule has 3 aromatic carbocycles. The molecule has 4 rings (SSSR count). The number of hydrogen-bond acceptors (Lipinski definition) is 3. The number of hydrogen-bond donors (Lipinski definition) is 4. The molecule has 5 heteroatoms. The molecule has 23 heavy (non-hydrogen) atoms. The average molecular weight is 326 g/mol. The molecule has 0 aliphatic carbocycles. The van der Waals surface area contributed by atoms with Crippen molar-refractivity contribution < 1.29 is 15.3 Å². The van der Waals surface area contributed by atoms with Crippen molar-refractivity contribution in [2.45, 2.75) is 0 Å². The number of nitrogens with one attached hydrogen (secondary N) is 1. The number of aromatic hydroxyl groups is 3. The van der Waals surface area contributed by atoms with E-state index in [-0.39, 0.29) is 22.0 Å². The number of H-pyrrole nitrogens is 1. The summed E-state index contributed by atoms with van der Waals surface area (Å²) >= 11 is 5.90. The summed E-state index contributed by atoms with van der Waals surface area (Å²) in [5.41, 5.74) is 3.00. The summed E-state index contributed by atoms with van der Waals surface area (Å²) in [4.78, 5) is 3.01. The highest BCUT2D eigenvalue weighted by atomic mass is 35.5. The molecular weight excluding hydrogens is 314 g/mol. The topological polar surface area (TPSA) is 76.5 Å². The predicted octanol–water partition coefficient (Wildman–Crippen LogP) is 4.76. The van der Waals surface area contributed by atoms with Gasteiger partial charge in [-0.25, -0.2) is 0 Å². The maximum Gasteiger partial charge on any atom is 0.184 e. The number of aromatic nitrogens is 1. The largest absolute Gasteiger partial charge is 0.505 e. The van der Waals surface area contributed by atoms with Crippen molar-refractivity contribution in [1.82, 2.24) is 4.98 Å². The Kier molecular flexibility index (Phi) is 2.89. The van der Waals surface area contributed by atoms with Crippen LogP contribution in [-0.4, -0.2) is 20.3 Å². The molecule has 1 heterocycles. The molecule has 0 aliphatic rings. The molecule has 4 nitrogen and oxygen atoms in total. The second-order valence-electron chi connectivity index (χ2n) is 5.36. The minimum atomic E-state index is -0.536. The molecule has 0 atom stereocenters. The van der Waals surface area contributed by atoms with Gasteiger partial charge in [0.25, 0.3) is 0 Å². The minimum Gasteiger partial charge on any atom is -0.505 e. The number of fused-ring (bicyclic) bond motifs is 3. The standard InChI is InChI=1S/C18H12ClNO3/c19-14-16(21)13-11-8-10(9-4-2-1-3-5-9)6-7-12(11)20-15(13)18(23)17(14)22/h1-8,20-23H. The highest BCUT2D eigenvalue weighted by Crippen LogP contribution is 2.49. The van der Waals surface area contributed by atoms with Crippen LogP contribution in [0.25, 0.3) is 32.9 Å². The number of benzene rings is 3. The second-order valence-corrected chi connectivity index (χ2v) is 5.74. The summed E-state index contributed by atoms with van der Waals surface area (Å²) in [6.07, 6.45) is 0. The summed E-state index contributed by atoms with van der Waals surface area (Å²) in [7, 11) is 0. The van der Waals surface area contributed by atoms with Crippen LogP contribution in [0.15, 0.2) is 48.5 Å². The van der Waals surface area contributed by atoms with Gasteiger partial charge in [0.05, 0.1) is 10.9 Å². The predicted molar refractivity (Wildman–Crippen MR) is 91.2 cm³/mol. The van der Waals surface area contributed by atoms with E-state index in [4.69, 9.17) is 11.6 Å². The Balaban J connectivity index is 2.11. The van der Waals surface area contributed by atoms with Gasteiger partial charge in [0.15, 0.2) is 11.5 Å². The SMILES string of the molecule is Oc1c(Cl)c(O)c2c([nH]c3ccc(-c4ccccc4)cc32)c1O. The van der Waals surface area contributed by atoms with E-state index >= 15 is 0 Å². The minimum absolute atomic E-state index is 0.254. The van der Waals surface area contributed by atoms with Gasteiger partial charge in [-0.2, -0.15) is 0 Å². The van der Waals surface area contributed by atoms with E-state index in [0.29, 0.717) is 5.39 Å². The molecule has 4 aromatic rings. The molecule has 114 valence electrons. The number of phenols is 3. The van der Waals surface area contributed by atoms with Gasteiger partial charge in [-0.3, -0.25) is 0 Å². The molecule has 1 aromatic heterocycles. The first-order valence-corrected chi connectivity index (χ1v) is 7.39. The van der Waals surface area contributed by atoms with E-state index in [0.717, 1.165) is 22.0 Å². The Bertz CT molecular complexity index is 1050. The first kappa shape index (κ1) is 13.8. The number of aromatic amines is 1. The lowest BCUT2D eigenvalue weighted by molar-refractivity contribution is 0.402. The highest BCUT2D eigenvalue weighted by Gasteiger charge is 2.21. The van der Waals surface area contributed by atoms with Gasteiger partial charge >= 0.3 is 0 Å². The van der Waals surface area contributed by atoms with Gasteiger partial charge < -0.3 is 20.3 Å².